The van der Waals surface area contributed by atoms with E-state index in [1.54, 1.807) is 11.8 Å². The highest BCUT2D eigenvalue weighted by Gasteiger charge is 2.24. The molecule has 0 fully saturated rings. The maximum atomic E-state index is 12.4. The number of nitro benzene ring substituents is 1. The molecule has 0 aromatic heterocycles. The van der Waals surface area contributed by atoms with E-state index in [0.29, 0.717) is 5.02 Å². The fraction of sp³-hybridized carbons (Fsp3) is 0.188. The first kappa shape index (κ1) is 16.6. The van der Waals surface area contributed by atoms with Gasteiger partial charge in [-0.1, -0.05) is 11.6 Å². The van der Waals surface area contributed by atoms with E-state index >= 15 is 0 Å². The Bertz CT molecular complexity index is 828. The minimum absolute atomic E-state index is 0.167. The van der Waals surface area contributed by atoms with E-state index in [0.717, 1.165) is 34.8 Å². The summed E-state index contributed by atoms with van der Waals surface area (Å²) in [5, 5.41) is 23.9. The molecule has 24 heavy (non-hydrogen) atoms. The third-order valence-electron chi connectivity index (χ3n) is 3.75. The Labute approximate surface area is 147 Å². The summed E-state index contributed by atoms with van der Waals surface area (Å²) < 4.78 is 0. The van der Waals surface area contributed by atoms with Crippen LogP contribution >= 0.6 is 23.4 Å². The number of phenolic OH excluding ortho intramolecular Hbond substituents is 1. The largest absolute Gasteiger partial charge is 0.502 e. The van der Waals surface area contributed by atoms with Crippen LogP contribution in [0.3, 0.4) is 0 Å². The summed E-state index contributed by atoms with van der Waals surface area (Å²) in [5.41, 5.74) is 0.691. The van der Waals surface area contributed by atoms with Crippen molar-refractivity contribution in [2.45, 2.75) is 17.4 Å². The van der Waals surface area contributed by atoms with Gasteiger partial charge in [-0.25, -0.2) is 0 Å². The average Bonchev–Trinajstić information content (AvgIpc) is 2.55. The number of hydrogen-bond donors (Lipinski definition) is 2. The number of halogens is 1. The summed E-state index contributed by atoms with van der Waals surface area (Å²) in [7, 11) is 0. The van der Waals surface area contributed by atoms with E-state index in [9.17, 15) is 20.0 Å². The smallest absolute Gasteiger partial charge is 0.310 e. The SMILES string of the molecule is O=C(N[C@@H]1CCSc2ccc(Cl)cc21)c1ccc([N+](=O)[O-])c(O)c1. The number of fused-ring (bicyclic) bond motifs is 1. The van der Waals surface area contributed by atoms with Gasteiger partial charge in [0.2, 0.25) is 0 Å². The number of hydrogen-bond acceptors (Lipinski definition) is 5. The van der Waals surface area contributed by atoms with Crippen LogP contribution < -0.4 is 5.32 Å². The molecule has 3 rings (SSSR count). The molecule has 1 heterocycles. The summed E-state index contributed by atoms with van der Waals surface area (Å²) in [4.78, 5) is 23.5. The minimum Gasteiger partial charge on any atom is -0.502 e. The number of nitrogens with one attached hydrogen (secondary N) is 1. The van der Waals surface area contributed by atoms with Crippen LogP contribution in [0.5, 0.6) is 5.75 Å². The number of benzene rings is 2. The lowest BCUT2D eigenvalue weighted by Gasteiger charge is -2.26. The molecule has 0 saturated carbocycles. The first-order valence-corrected chi connectivity index (χ1v) is 8.52. The van der Waals surface area contributed by atoms with Crippen molar-refractivity contribution in [2.24, 2.45) is 0 Å². The number of rotatable bonds is 3. The second kappa shape index (κ2) is 6.70. The van der Waals surface area contributed by atoms with E-state index < -0.39 is 22.3 Å². The molecule has 2 aromatic rings. The summed E-state index contributed by atoms with van der Waals surface area (Å²) >= 11 is 7.75. The van der Waals surface area contributed by atoms with Crippen molar-refractivity contribution in [1.82, 2.24) is 5.32 Å². The summed E-state index contributed by atoms with van der Waals surface area (Å²) in [6.45, 7) is 0. The van der Waals surface area contributed by atoms with Gasteiger partial charge in [-0.2, -0.15) is 0 Å². The molecule has 1 aliphatic rings. The number of nitro groups is 1. The lowest BCUT2D eigenvalue weighted by Crippen LogP contribution is -2.30. The second-order valence-electron chi connectivity index (χ2n) is 5.31. The average molecular weight is 365 g/mol. The molecular weight excluding hydrogens is 352 g/mol. The molecule has 0 radical (unpaired) electrons. The molecule has 124 valence electrons. The van der Waals surface area contributed by atoms with E-state index in [4.69, 9.17) is 11.6 Å². The highest BCUT2D eigenvalue weighted by molar-refractivity contribution is 7.99. The van der Waals surface area contributed by atoms with Crippen LogP contribution in [-0.4, -0.2) is 21.7 Å². The topological polar surface area (TPSA) is 92.5 Å². The zero-order valence-corrected chi connectivity index (χ0v) is 13.9. The fourth-order valence-corrected chi connectivity index (χ4v) is 3.86. The van der Waals surface area contributed by atoms with E-state index in [1.165, 1.54) is 6.07 Å². The molecule has 0 unspecified atom stereocenters. The van der Waals surface area contributed by atoms with Crippen LogP contribution in [0.2, 0.25) is 5.02 Å². The standard InChI is InChI=1S/C16H13ClN2O4S/c17-10-2-4-15-11(8-10)12(5-6-24-15)18-16(21)9-1-3-13(19(22)23)14(20)7-9/h1-4,7-8,12,20H,5-6H2,(H,18,21)/t12-/m1/s1. The lowest BCUT2D eigenvalue weighted by molar-refractivity contribution is -0.385. The molecule has 2 aromatic carbocycles. The van der Waals surface area contributed by atoms with Crippen molar-refractivity contribution in [3.05, 3.63) is 62.7 Å². The number of amides is 1. The number of thioether (sulfide) groups is 1. The van der Waals surface area contributed by atoms with Crippen molar-refractivity contribution < 1.29 is 14.8 Å². The number of nitrogens with zero attached hydrogens (tertiary/aromatic N) is 1. The quantitative estimate of drug-likeness (QED) is 0.636. The molecule has 1 atom stereocenters. The van der Waals surface area contributed by atoms with Crippen LogP contribution in [0.1, 0.15) is 28.4 Å². The van der Waals surface area contributed by atoms with Gasteiger partial charge in [-0.05, 0) is 42.3 Å². The Hall–Kier alpha value is -2.25. The predicted molar refractivity (Wildman–Crippen MR) is 91.8 cm³/mol. The van der Waals surface area contributed by atoms with Crippen LogP contribution in [0.4, 0.5) is 5.69 Å². The van der Waals surface area contributed by atoms with Gasteiger partial charge >= 0.3 is 5.69 Å². The van der Waals surface area contributed by atoms with Crippen molar-refractivity contribution in [3.8, 4) is 5.75 Å². The van der Waals surface area contributed by atoms with Gasteiger partial charge in [0, 0.05) is 27.3 Å². The summed E-state index contributed by atoms with van der Waals surface area (Å²) in [6.07, 6.45) is 0.753. The first-order chi connectivity index (χ1) is 11.5. The Morgan fingerprint density at radius 1 is 1.33 bits per heavy atom. The lowest BCUT2D eigenvalue weighted by atomic mass is 10.0. The molecule has 1 aliphatic heterocycles. The number of carbonyl (C=O) groups excluding carboxylic acids is 1. The number of phenols is 1. The highest BCUT2D eigenvalue weighted by atomic mass is 35.5. The second-order valence-corrected chi connectivity index (χ2v) is 6.88. The molecule has 0 spiro atoms. The van der Waals surface area contributed by atoms with E-state index in [2.05, 4.69) is 5.32 Å². The van der Waals surface area contributed by atoms with Gasteiger partial charge in [-0.3, -0.25) is 14.9 Å². The van der Waals surface area contributed by atoms with Crippen LogP contribution in [0, 0.1) is 10.1 Å². The molecule has 0 aliphatic carbocycles. The molecule has 6 nitrogen and oxygen atoms in total. The Morgan fingerprint density at radius 3 is 2.83 bits per heavy atom. The van der Waals surface area contributed by atoms with Crippen molar-refractivity contribution in [2.75, 3.05) is 5.75 Å². The van der Waals surface area contributed by atoms with Crippen LogP contribution in [0.15, 0.2) is 41.3 Å². The maximum Gasteiger partial charge on any atom is 0.310 e. The Kier molecular flexibility index (Phi) is 4.64. The number of aromatic hydroxyl groups is 1. The Balaban J connectivity index is 1.82. The monoisotopic (exact) mass is 364 g/mol. The number of carbonyl (C=O) groups is 1. The molecule has 2 N–H and O–H groups in total. The Morgan fingerprint density at radius 2 is 2.12 bits per heavy atom. The minimum atomic E-state index is -0.701. The third kappa shape index (κ3) is 3.32. The molecule has 1 amide bonds. The zero-order chi connectivity index (χ0) is 17.3. The fourth-order valence-electron chi connectivity index (χ4n) is 2.58. The van der Waals surface area contributed by atoms with E-state index in [-0.39, 0.29) is 11.6 Å². The van der Waals surface area contributed by atoms with E-state index in [1.807, 2.05) is 18.2 Å². The van der Waals surface area contributed by atoms with Crippen molar-refractivity contribution in [1.29, 1.82) is 0 Å². The maximum absolute atomic E-state index is 12.4. The zero-order valence-electron chi connectivity index (χ0n) is 12.4. The molecule has 8 heteroatoms. The van der Waals surface area contributed by atoms with Crippen molar-refractivity contribution in [3.63, 3.8) is 0 Å². The summed E-state index contributed by atoms with van der Waals surface area (Å²) in [5.74, 6) is -0.0660. The highest BCUT2D eigenvalue weighted by Crippen LogP contribution is 2.37. The van der Waals surface area contributed by atoms with Gasteiger partial charge < -0.3 is 10.4 Å². The summed E-state index contributed by atoms with van der Waals surface area (Å²) in [6, 6.07) is 8.93. The third-order valence-corrected chi connectivity index (χ3v) is 5.11. The van der Waals surface area contributed by atoms with Crippen LogP contribution in [-0.2, 0) is 0 Å². The first-order valence-electron chi connectivity index (χ1n) is 7.16. The van der Waals surface area contributed by atoms with Gasteiger partial charge in [0.15, 0.2) is 5.75 Å². The molecule has 0 bridgehead atoms. The van der Waals surface area contributed by atoms with Gasteiger partial charge in [-0.15, -0.1) is 11.8 Å². The molecular formula is C16H13ClN2O4S. The normalized spacial score (nSPS) is 16.3. The van der Waals surface area contributed by atoms with Crippen LogP contribution in [0.25, 0.3) is 0 Å². The molecule has 0 saturated heterocycles. The van der Waals surface area contributed by atoms with Gasteiger partial charge in [0.25, 0.3) is 5.91 Å². The van der Waals surface area contributed by atoms with Gasteiger partial charge in [0.05, 0.1) is 11.0 Å². The van der Waals surface area contributed by atoms with Gasteiger partial charge in [0.1, 0.15) is 0 Å². The van der Waals surface area contributed by atoms with Crippen molar-refractivity contribution >= 4 is 35.0 Å². The predicted octanol–water partition coefficient (Wildman–Crippen LogP) is 3.92.